The Hall–Kier alpha value is -3.02. The summed E-state index contributed by atoms with van der Waals surface area (Å²) >= 11 is 0. The van der Waals surface area contributed by atoms with Crippen LogP contribution in [0.15, 0.2) is 41.6 Å². The molecule has 25 heavy (non-hydrogen) atoms. The minimum Gasteiger partial charge on any atom is -0.497 e. The molecule has 6 nitrogen and oxygen atoms in total. The number of ether oxygens (including phenoxy) is 2. The zero-order valence-corrected chi connectivity index (χ0v) is 14.8. The van der Waals surface area contributed by atoms with E-state index < -0.39 is 0 Å². The molecule has 0 aliphatic rings. The highest BCUT2D eigenvalue weighted by Crippen LogP contribution is 2.22. The summed E-state index contributed by atoms with van der Waals surface area (Å²) < 4.78 is 10.4. The van der Waals surface area contributed by atoms with Crippen LogP contribution in [0.2, 0.25) is 0 Å². The van der Waals surface area contributed by atoms with Crippen molar-refractivity contribution in [2.75, 3.05) is 26.1 Å². The number of nitrogens with zero attached hydrogens (tertiary/aromatic N) is 1. The minimum absolute atomic E-state index is 0.185. The number of anilines is 1. The van der Waals surface area contributed by atoms with Crippen molar-refractivity contribution in [3.05, 3.63) is 53.1 Å². The van der Waals surface area contributed by atoms with Crippen LogP contribution in [0, 0.1) is 13.8 Å². The highest BCUT2D eigenvalue weighted by Gasteiger charge is 2.05. The van der Waals surface area contributed by atoms with E-state index >= 15 is 0 Å². The van der Waals surface area contributed by atoms with Crippen LogP contribution in [0.25, 0.3) is 0 Å². The summed E-state index contributed by atoms with van der Waals surface area (Å²) in [5.74, 6) is 1.03. The van der Waals surface area contributed by atoms with Gasteiger partial charge in [-0.05, 0) is 55.3 Å². The molecule has 0 saturated carbocycles. The second-order valence-corrected chi connectivity index (χ2v) is 5.54. The van der Waals surface area contributed by atoms with Crippen LogP contribution in [-0.4, -0.2) is 32.9 Å². The molecule has 2 aromatic rings. The van der Waals surface area contributed by atoms with Gasteiger partial charge in [-0.3, -0.25) is 4.79 Å². The SMILES string of the molecule is COc1ccc(OC)c(/C=N\OCC(=O)Nc2cc(C)cc(C)c2)c1. The Morgan fingerprint density at radius 3 is 2.44 bits per heavy atom. The van der Waals surface area contributed by atoms with Crippen molar-refractivity contribution >= 4 is 17.8 Å². The maximum absolute atomic E-state index is 11.9. The van der Waals surface area contributed by atoms with Crippen LogP contribution < -0.4 is 14.8 Å². The number of aryl methyl sites for hydroxylation is 2. The lowest BCUT2D eigenvalue weighted by atomic mass is 10.1. The van der Waals surface area contributed by atoms with Gasteiger partial charge in [-0.15, -0.1) is 0 Å². The number of rotatable bonds is 7. The summed E-state index contributed by atoms with van der Waals surface area (Å²) in [6.45, 7) is 3.77. The van der Waals surface area contributed by atoms with Crippen molar-refractivity contribution in [3.63, 3.8) is 0 Å². The molecule has 0 aromatic heterocycles. The van der Waals surface area contributed by atoms with Gasteiger partial charge < -0.3 is 19.6 Å². The van der Waals surface area contributed by atoms with Gasteiger partial charge in [0, 0.05) is 11.3 Å². The van der Waals surface area contributed by atoms with Crippen LogP contribution in [0.5, 0.6) is 11.5 Å². The Morgan fingerprint density at radius 1 is 1.08 bits per heavy atom. The Bertz CT molecular complexity index is 752. The zero-order chi connectivity index (χ0) is 18.2. The number of carbonyl (C=O) groups is 1. The zero-order valence-electron chi connectivity index (χ0n) is 14.8. The molecule has 0 saturated heterocycles. The van der Waals surface area contributed by atoms with Gasteiger partial charge >= 0.3 is 0 Å². The van der Waals surface area contributed by atoms with E-state index in [0.717, 1.165) is 16.8 Å². The normalized spacial score (nSPS) is 10.6. The summed E-state index contributed by atoms with van der Waals surface area (Å²) in [6.07, 6.45) is 1.48. The molecule has 1 N–H and O–H groups in total. The molecule has 0 fully saturated rings. The molecule has 0 atom stereocenters. The van der Waals surface area contributed by atoms with E-state index in [9.17, 15) is 4.79 Å². The molecule has 0 aliphatic carbocycles. The lowest BCUT2D eigenvalue weighted by Gasteiger charge is -2.07. The Kier molecular flexibility index (Phi) is 6.39. The van der Waals surface area contributed by atoms with Crippen LogP contribution in [-0.2, 0) is 9.63 Å². The number of hydrogen-bond donors (Lipinski definition) is 1. The fraction of sp³-hybridized carbons (Fsp3) is 0.263. The van der Waals surface area contributed by atoms with Gasteiger partial charge in [-0.2, -0.15) is 0 Å². The lowest BCUT2D eigenvalue weighted by Crippen LogP contribution is -2.17. The van der Waals surface area contributed by atoms with Gasteiger partial charge in [0.05, 0.1) is 20.4 Å². The van der Waals surface area contributed by atoms with E-state index in [1.54, 1.807) is 32.4 Å². The molecule has 132 valence electrons. The van der Waals surface area contributed by atoms with Crippen molar-refractivity contribution in [1.82, 2.24) is 0 Å². The second kappa shape index (κ2) is 8.73. The average molecular weight is 342 g/mol. The van der Waals surface area contributed by atoms with Crippen molar-refractivity contribution in [3.8, 4) is 11.5 Å². The van der Waals surface area contributed by atoms with Crippen LogP contribution in [0.3, 0.4) is 0 Å². The van der Waals surface area contributed by atoms with E-state index in [1.165, 1.54) is 6.21 Å². The van der Waals surface area contributed by atoms with Gasteiger partial charge in [-0.25, -0.2) is 0 Å². The first-order valence-electron chi connectivity index (χ1n) is 7.77. The lowest BCUT2D eigenvalue weighted by molar-refractivity contribution is -0.120. The fourth-order valence-electron chi connectivity index (χ4n) is 2.37. The third-order valence-electron chi connectivity index (χ3n) is 3.40. The van der Waals surface area contributed by atoms with Gasteiger partial charge in [0.1, 0.15) is 11.5 Å². The van der Waals surface area contributed by atoms with Crippen LogP contribution in [0.1, 0.15) is 16.7 Å². The molecule has 0 radical (unpaired) electrons. The highest BCUT2D eigenvalue weighted by atomic mass is 16.6. The Morgan fingerprint density at radius 2 is 1.80 bits per heavy atom. The largest absolute Gasteiger partial charge is 0.497 e. The maximum atomic E-state index is 11.9. The highest BCUT2D eigenvalue weighted by molar-refractivity contribution is 5.92. The number of oxime groups is 1. The summed E-state index contributed by atoms with van der Waals surface area (Å²) in [5, 5.41) is 6.60. The van der Waals surface area contributed by atoms with E-state index in [2.05, 4.69) is 10.5 Å². The summed E-state index contributed by atoms with van der Waals surface area (Å²) in [4.78, 5) is 17.0. The van der Waals surface area contributed by atoms with Crippen molar-refractivity contribution in [2.24, 2.45) is 5.16 Å². The molecule has 0 heterocycles. The molecular formula is C19H22N2O4. The number of methoxy groups -OCH3 is 2. The standard InChI is InChI=1S/C19H22N2O4/c1-13-7-14(2)9-16(8-13)21-19(22)12-25-20-11-15-10-17(23-3)5-6-18(15)24-4/h5-11H,12H2,1-4H3,(H,21,22)/b20-11-. The number of amides is 1. The third-order valence-corrected chi connectivity index (χ3v) is 3.40. The molecule has 2 rings (SSSR count). The van der Waals surface area contributed by atoms with Crippen LogP contribution in [0.4, 0.5) is 5.69 Å². The molecule has 1 amide bonds. The summed E-state index contributed by atoms with van der Waals surface area (Å²) in [5.41, 5.74) is 3.60. The van der Waals surface area contributed by atoms with E-state index in [0.29, 0.717) is 17.1 Å². The molecule has 0 spiro atoms. The van der Waals surface area contributed by atoms with Crippen LogP contribution >= 0.6 is 0 Å². The van der Waals surface area contributed by atoms with Gasteiger partial charge in [0.25, 0.3) is 5.91 Å². The smallest absolute Gasteiger partial charge is 0.265 e. The fourth-order valence-corrected chi connectivity index (χ4v) is 2.37. The third kappa shape index (κ3) is 5.53. The second-order valence-electron chi connectivity index (χ2n) is 5.54. The number of benzene rings is 2. The van der Waals surface area contributed by atoms with Crippen molar-refractivity contribution in [1.29, 1.82) is 0 Å². The van der Waals surface area contributed by atoms with Crippen molar-refractivity contribution < 1.29 is 19.1 Å². The number of hydrogen-bond acceptors (Lipinski definition) is 5. The Labute approximate surface area is 147 Å². The van der Waals surface area contributed by atoms with Crippen molar-refractivity contribution in [2.45, 2.75) is 13.8 Å². The Balaban J connectivity index is 1.91. The molecule has 0 bridgehead atoms. The first kappa shape index (κ1) is 18.3. The summed E-state index contributed by atoms with van der Waals surface area (Å²) in [7, 11) is 3.15. The topological polar surface area (TPSA) is 69.1 Å². The molecule has 6 heteroatoms. The number of carbonyl (C=O) groups excluding carboxylic acids is 1. The maximum Gasteiger partial charge on any atom is 0.265 e. The first-order chi connectivity index (χ1) is 12.0. The summed E-state index contributed by atoms with van der Waals surface area (Å²) in [6, 6.07) is 11.2. The van der Waals surface area contributed by atoms with E-state index in [4.69, 9.17) is 14.3 Å². The minimum atomic E-state index is -0.278. The number of nitrogens with one attached hydrogen (secondary N) is 1. The monoisotopic (exact) mass is 342 g/mol. The van der Waals surface area contributed by atoms with Gasteiger partial charge in [0.15, 0.2) is 6.61 Å². The predicted molar refractivity (Wildman–Crippen MR) is 97.6 cm³/mol. The molecule has 0 aliphatic heterocycles. The van der Waals surface area contributed by atoms with E-state index in [-0.39, 0.29) is 12.5 Å². The molecular weight excluding hydrogens is 320 g/mol. The predicted octanol–water partition coefficient (Wildman–Crippen LogP) is 3.31. The first-order valence-corrected chi connectivity index (χ1v) is 7.77. The van der Waals surface area contributed by atoms with Gasteiger partial charge in [0.2, 0.25) is 0 Å². The quantitative estimate of drug-likeness (QED) is 0.619. The average Bonchev–Trinajstić information content (AvgIpc) is 2.57. The van der Waals surface area contributed by atoms with Gasteiger partial charge in [-0.1, -0.05) is 11.2 Å². The van der Waals surface area contributed by atoms with E-state index in [1.807, 2.05) is 32.0 Å². The molecule has 2 aromatic carbocycles. The molecule has 0 unspecified atom stereocenters.